The van der Waals surface area contributed by atoms with Crippen LogP contribution in [0.3, 0.4) is 0 Å². The quantitative estimate of drug-likeness (QED) is 0.595. The molecule has 0 aliphatic carbocycles. The van der Waals surface area contributed by atoms with E-state index in [2.05, 4.69) is 10.3 Å². The van der Waals surface area contributed by atoms with E-state index in [-0.39, 0.29) is 5.56 Å². The normalized spacial score (nSPS) is 11.5. The lowest BCUT2D eigenvalue weighted by molar-refractivity contribution is 0.214. The Morgan fingerprint density at radius 1 is 1.04 bits per heavy atom. The molecule has 1 heterocycles. The first kappa shape index (κ1) is 14.8. The molecule has 0 saturated carbocycles. The van der Waals surface area contributed by atoms with Crippen LogP contribution in [0.1, 0.15) is 16.8 Å². The van der Waals surface area contributed by atoms with E-state index in [1.807, 2.05) is 67.6 Å². The molecule has 0 fully saturated rings. The van der Waals surface area contributed by atoms with E-state index < -0.39 is 0 Å². The summed E-state index contributed by atoms with van der Waals surface area (Å²) in [5.41, 5.74) is 3.20. The van der Waals surface area contributed by atoms with Gasteiger partial charge in [0, 0.05) is 11.3 Å². The summed E-state index contributed by atoms with van der Waals surface area (Å²) < 4.78 is 1.51. The summed E-state index contributed by atoms with van der Waals surface area (Å²) in [6, 6.07) is 18.9. The maximum absolute atomic E-state index is 12.9. The number of oxime groups is 1. The molecule has 116 valence electrons. The van der Waals surface area contributed by atoms with Crippen molar-refractivity contribution < 1.29 is 4.84 Å². The highest BCUT2D eigenvalue weighted by Gasteiger charge is 2.19. The Hall–Kier alpha value is -3.08. The van der Waals surface area contributed by atoms with E-state index in [4.69, 9.17) is 4.84 Å². The van der Waals surface area contributed by atoms with Crippen molar-refractivity contribution in [3.8, 4) is 5.69 Å². The molecule has 3 aromatic rings. The average Bonchev–Trinajstić information content (AvgIpc) is 2.89. The SMILES string of the molecule is CON=C(c1ccccc1)c1c(C)[nH]n(-c2ccccc2)c1=O. The predicted molar refractivity (Wildman–Crippen MR) is 90.2 cm³/mol. The maximum Gasteiger partial charge on any atom is 0.281 e. The number of hydrogen-bond donors (Lipinski definition) is 1. The number of H-pyrrole nitrogens is 1. The highest BCUT2D eigenvalue weighted by molar-refractivity contribution is 6.13. The van der Waals surface area contributed by atoms with Crippen molar-refractivity contribution in [2.45, 2.75) is 6.92 Å². The number of nitrogens with zero attached hydrogens (tertiary/aromatic N) is 2. The summed E-state index contributed by atoms with van der Waals surface area (Å²) in [5, 5.41) is 7.18. The fourth-order valence-corrected chi connectivity index (χ4v) is 2.51. The number of aryl methyl sites for hydroxylation is 1. The molecule has 0 atom stereocenters. The zero-order chi connectivity index (χ0) is 16.2. The second kappa shape index (κ2) is 6.36. The van der Waals surface area contributed by atoms with Crippen molar-refractivity contribution in [1.82, 2.24) is 9.78 Å². The summed E-state index contributed by atoms with van der Waals surface area (Å²) in [6.07, 6.45) is 0. The van der Waals surface area contributed by atoms with Crippen LogP contribution in [0, 0.1) is 6.92 Å². The second-order valence-corrected chi connectivity index (χ2v) is 5.08. The van der Waals surface area contributed by atoms with Crippen molar-refractivity contribution in [3.05, 3.63) is 87.8 Å². The van der Waals surface area contributed by atoms with Crippen molar-refractivity contribution in [2.24, 2.45) is 5.16 Å². The van der Waals surface area contributed by atoms with E-state index in [0.717, 1.165) is 16.9 Å². The highest BCUT2D eigenvalue weighted by Crippen LogP contribution is 2.13. The Morgan fingerprint density at radius 2 is 1.65 bits per heavy atom. The van der Waals surface area contributed by atoms with Crippen LogP contribution in [0.15, 0.2) is 70.6 Å². The molecule has 2 aromatic carbocycles. The van der Waals surface area contributed by atoms with Gasteiger partial charge < -0.3 is 4.84 Å². The van der Waals surface area contributed by atoms with Gasteiger partial charge >= 0.3 is 0 Å². The molecule has 0 unspecified atom stereocenters. The van der Waals surface area contributed by atoms with Crippen molar-refractivity contribution in [1.29, 1.82) is 0 Å². The number of rotatable bonds is 4. The summed E-state index contributed by atoms with van der Waals surface area (Å²) in [4.78, 5) is 17.8. The minimum absolute atomic E-state index is 0.159. The molecule has 3 rings (SSSR count). The van der Waals surface area contributed by atoms with Crippen molar-refractivity contribution >= 4 is 5.71 Å². The summed E-state index contributed by atoms with van der Waals surface area (Å²) in [7, 11) is 1.47. The molecule has 5 heteroatoms. The molecule has 0 bridgehead atoms. The van der Waals surface area contributed by atoms with Crippen LogP contribution in [0.2, 0.25) is 0 Å². The summed E-state index contributed by atoms with van der Waals surface area (Å²) in [5.74, 6) is 0. The molecular weight excluding hydrogens is 290 g/mol. The smallest absolute Gasteiger partial charge is 0.281 e. The number of benzene rings is 2. The van der Waals surface area contributed by atoms with Crippen LogP contribution in [0.25, 0.3) is 5.69 Å². The van der Waals surface area contributed by atoms with Gasteiger partial charge in [-0.3, -0.25) is 9.89 Å². The maximum atomic E-state index is 12.9. The Balaban J connectivity index is 2.18. The third kappa shape index (κ3) is 2.81. The van der Waals surface area contributed by atoms with Gasteiger partial charge in [0.15, 0.2) is 0 Å². The Morgan fingerprint density at radius 3 is 2.26 bits per heavy atom. The molecule has 0 spiro atoms. The lowest BCUT2D eigenvalue weighted by Crippen LogP contribution is -2.21. The van der Waals surface area contributed by atoms with Crippen LogP contribution < -0.4 is 5.56 Å². The first-order valence-corrected chi connectivity index (χ1v) is 7.26. The Bertz CT molecular complexity index is 878. The van der Waals surface area contributed by atoms with Gasteiger partial charge in [0.25, 0.3) is 5.56 Å². The molecule has 0 amide bonds. The third-order valence-electron chi connectivity index (χ3n) is 3.55. The molecule has 0 saturated heterocycles. The Kier molecular flexibility index (Phi) is 4.10. The van der Waals surface area contributed by atoms with E-state index in [9.17, 15) is 4.79 Å². The summed E-state index contributed by atoms with van der Waals surface area (Å²) >= 11 is 0. The van der Waals surface area contributed by atoms with E-state index in [1.165, 1.54) is 11.8 Å². The lowest BCUT2D eigenvalue weighted by Gasteiger charge is -2.03. The molecule has 0 aliphatic heterocycles. The van der Waals surface area contributed by atoms with Crippen LogP contribution in [-0.2, 0) is 4.84 Å². The first-order chi connectivity index (χ1) is 11.2. The zero-order valence-corrected chi connectivity index (χ0v) is 13.0. The molecule has 5 nitrogen and oxygen atoms in total. The lowest BCUT2D eigenvalue weighted by atomic mass is 10.0. The van der Waals surface area contributed by atoms with Gasteiger partial charge in [0.1, 0.15) is 12.8 Å². The molecular formula is C18H17N3O2. The minimum atomic E-state index is -0.159. The van der Waals surface area contributed by atoms with Crippen LogP contribution in [0.4, 0.5) is 0 Å². The van der Waals surface area contributed by atoms with Crippen LogP contribution >= 0.6 is 0 Å². The zero-order valence-electron chi connectivity index (χ0n) is 13.0. The topological polar surface area (TPSA) is 59.4 Å². The van der Waals surface area contributed by atoms with Gasteiger partial charge in [0.2, 0.25) is 0 Å². The summed E-state index contributed by atoms with van der Waals surface area (Å²) in [6.45, 7) is 1.85. The van der Waals surface area contributed by atoms with Gasteiger partial charge in [-0.2, -0.15) is 0 Å². The van der Waals surface area contributed by atoms with Gasteiger partial charge in [0.05, 0.1) is 11.3 Å². The molecule has 23 heavy (non-hydrogen) atoms. The van der Waals surface area contributed by atoms with E-state index in [0.29, 0.717) is 11.3 Å². The second-order valence-electron chi connectivity index (χ2n) is 5.08. The largest absolute Gasteiger partial charge is 0.399 e. The number of para-hydroxylation sites is 1. The van der Waals surface area contributed by atoms with Gasteiger partial charge in [-0.25, -0.2) is 4.68 Å². The van der Waals surface area contributed by atoms with E-state index in [1.54, 1.807) is 0 Å². The standard InChI is InChI=1S/C18H17N3O2/c1-13-16(17(20-23-2)14-9-5-3-6-10-14)18(22)21(19-13)15-11-7-4-8-12-15/h3-12,19H,1-2H3. The average molecular weight is 307 g/mol. The van der Waals surface area contributed by atoms with Crippen LogP contribution in [0.5, 0.6) is 0 Å². The minimum Gasteiger partial charge on any atom is -0.399 e. The van der Waals surface area contributed by atoms with Crippen molar-refractivity contribution in [3.63, 3.8) is 0 Å². The van der Waals surface area contributed by atoms with E-state index >= 15 is 0 Å². The molecule has 0 aliphatic rings. The first-order valence-electron chi connectivity index (χ1n) is 7.26. The number of aromatic amines is 1. The number of hydrogen-bond acceptors (Lipinski definition) is 3. The predicted octanol–water partition coefficient (Wildman–Crippen LogP) is 2.87. The third-order valence-corrected chi connectivity index (χ3v) is 3.55. The van der Waals surface area contributed by atoms with Crippen molar-refractivity contribution in [2.75, 3.05) is 7.11 Å². The highest BCUT2D eigenvalue weighted by atomic mass is 16.6. The molecule has 1 N–H and O–H groups in total. The monoisotopic (exact) mass is 307 g/mol. The number of nitrogens with one attached hydrogen (secondary N) is 1. The fraction of sp³-hybridized carbons (Fsp3) is 0.111. The van der Waals surface area contributed by atoms with Gasteiger partial charge in [-0.15, -0.1) is 0 Å². The van der Waals surface area contributed by atoms with Gasteiger partial charge in [-0.1, -0.05) is 53.7 Å². The molecule has 0 radical (unpaired) electrons. The fourth-order valence-electron chi connectivity index (χ4n) is 2.51. The van der Waals surface area contributed by atoms with Gasteiger partial charge in [-0.05, 0) is 19.1 Å². The molecule has 1 aromatic heterocycles. The Labute approximate surface area is 133 Å². The number of aromatic nitrogens is 2. The van der Waals surface area contributed by atoms with Crippen LogP contribution in [-0.4, -0.2) is 22.6 Å².